The summed E-state index contributed by atoms with van der Waals surface area (Å²) in [5, 5.41) is 20.1. The van der Waals surface area contributed by atoms with E-state index in [0.717, 1.165) is 16.0 Å². The molecule has 32 heavy (non-hydrogen) atoms. The minimum Gasteiger partial charge on any atom is -0.480 e. The van der Waals surface area contributed by atoms with Gasteiger partial charge in [-0.25, -0.2) is 8.42 Å². The fraction of sp³-hybridized carbons (Fsp3) is 0.348. The molecule has 2 aromatic rings. The summed E-state index contributed by atoms with van der Waals surface area (Å²) >= 11 is 7.14. The fourth-order valence-corrected chi connectivity index (χ4v) is 7.89. The van der Waals surface area contributed by atoms with Crippen molar-refractivity contribution in [1.82, 2.24) is 4.72 Å². The molecule has 0 amide bonds. The Bertz CT molecular complexity index is 1140. The first-order chi connectivity index (χ1) is 15.2. The van der Waals surface area contributed by atoms with E-state index in [0.29, 0.717) is 17.9 Å². The number of hydrogen-bond acceptors (Lipinski definition) is 5. The minimum absolute atomic E-state index is 0.0934. The predicted molar refractivity (Wildman–Crippen MR) is 127 cm³/mol. The molecule has 1 aliphatic carbocycles. The van der Waals surface area contributed by atoms with Crippen LogP contribution in [-0.4, -0.2) is 41.3 Å². The number of rotatable bonds is 9. The number of hydrogen-bond donors (Lipinski definition) is 3. The standard InChI is InChI=1S/C23H24ClNO5S2/c24-18-9-7-16(8-10-18)19-11-12-20(31-19)32(29,30)25-23(21(27)28)15-22(23,13-4-14-26)17-5-2-1-3-6-17/h1-3,5-11,20,25-26H,4,12-15H2,(H,27,28). The molecular weight excluding hydrogens is 470 g/mol. The van der Waals surface area contributed by atoms with Gasteiger partial charge < -0.3 is 10.2 Å². The van der Waals surface area contributed by atoms with Gasteiger partial charge in [-0.3, -0.25) is 4.79 Å². The molecule has 0 spiro atoms. The smallest absolute Gasteiger partial charge is 0.325 e. The van der Waals surface area contributed by atoms with Crippen LogP contribution < -0.4 is 4.72 Å². The summed E-state index contributed by atoms with van der Waals surface area (Å²) in [6.07, 6.45) is 3.03. The molecule has 0 radical (unpaired) electrons. The molecule has 0 bridgehead atoms. The van der Waals surface area contributed by atoms with Crippen LogP contribution in [0.3, 0.4) is 0 Å². The molecule has 3 unspecified atom stereocenters. The van der Waals surface area contributed by atoms with Crippen molar-refractivity contribution >= 4 is 44.3 Å². The van der Waals surface area contributed by atoms with Crippen LogP contribution in [0.5, 0.6) is 0 Å². The maximum atomic E-state index is 13.3. The lowest BCUT2D eigenvalue weighted by molar-refractivity contribution is -0.140. The second kappa shape index (κ2) is 8.83. The molecule has 2 aliphatic rings. The number of aliphatic hydroxyl groups excluding tert-OH is 1. The van der Waals surface area contributed by atoms with Gasteiger partial charge in [0.2, 0.25) is 10.0 Å². The summed E-state index contributed by atoms with van der Waals surface area (Å²) in [4.78, 5) is 13.2. The van der Waals surface area contributed by atoms with Crippen molar-refractivity contribution in [3.05, 3.63) is 76.8 Å². The quantitative estimate of drug-likeness (QED) is 0.487. The monoisotopic (exact) mass is 493 g/mol. The number of allylic oxidation sites excluding steroid dienone is 1. The van der Waals surface area contributed by atoms with E-state index in [1.54, 1.807) is 12.1 Å². The average Bonchev–Trinajstić information content (AvgIpc) is 3.15. The SMILES string of the molecule is O=C(O)C1(NS(=O)(=O)C2CC=C(c3ccc(Cl)cc3)S2)CC1(CCCO)c1ccccc1. The summed E-state index contributed by atoms with van der Waals surface area (Å²) in [6.45, 7) is -0.0934. The number of carboxylic acids is 1. The van der Waals surface area contributed by atoms with Crippen LogP contribution in [0, 0.1) is 0 Å². The van der Waals surface area contributed by atoms with E-state index < -0.39 is 31.5 Å². The van der Waals surface area contributed by atoms with Crippen LogP contribution in [0.4, 0.5) is 0 Å². The van der Waals surface area contributed by atoms with E-state index in [2.05, 4.69) is 4.72 Å². The third-order valence-electron chi connectivity index (χ3n) is 6.26. The molecule has 3 N–H and O–H groups in total. The van der Waals surface area contributed by atoms with E-state index in [1.165, 1.54) is 11.8 Å². The van der Waals surface area contributed by atoms with Gasteiger partial charge in [0.15, 0.2) is 0 Å². The number of sulfonamides is 1. The van der Waals surface area contributed by atoms with Crippen molar-refractivity contribution in [3.8, 4) is 0 Å². The van der Waals surface area contributed by atoms with Gasteiger partial charge in [0.25, 0.3) is 0 Å². The van der Waals surface area contributed by atoms with Crippen LogP contribution >= 0.6 is 23.4 Å². The van der Waals surface area contributed by atoms with Crippen LogP contribution in [0.1, 0.15) is 36.8 Å². The zero-order chi connectivity index (χ0) is 23.0. The predicted octanol–water partition coefficient (Wildman–Crippen LogP) is 4.00. The van der Waals surface area contributed by atoms with E-state index in [1.807, 2.05) is 48.5 Å². The van der Waals surface area contributed by atoms with Crippen molar-refractivity contribution in [1.29, 1.82) is 0 Å². The van der Waals surface area contributed by atoms with Gasteiger partial charge in [-0.15, -0.1) is 11.8 Å². The van der Waals surface area contributed by atoms with E-state index in [4.69, 9.17) is 11.6 Å². The normalized spacial score (nSPS) is 27.2. The van der Waals surface area contributed by atoms with Crippen LogP contribution in [0.25, 0.3) is 4.91 Å². The highest BCUT2D eigenvalue weighted by Gasteiger charge is 2.74. The van der Waals surface area contributed by atoms with Crippen molar-refractivity contribution in [2.45, 2.75) is 41.2 Å². The number of benzene rings is 2. The minimum atomic E-state index is -3.96. The Kier molecular flexibility index (Phi) is 6.44. The Morgan fingerprint density at radius 2 is 1.84 bits per heavy atom. The molecule has 0 aromatic heterocycles. The zero-order valence-corrected chi connectivity index (χ0v) is 19.6. The van der Waals surface area contributed by atoms with E-state index >= 15 is 0 Å². The first-order valence-electron chi connectivity index (χ1n) is 10.3. The lowest BCUT2D eigenvalue weighted by Crippen LogP contribution is -2.51. The van der Waals surface area contributed by atoms with Crippen molar-refractivity contribution in [3.63, 3.8) is 0 Å². The molecule has 1 aliphatic heterocycles. The molecular formula is C23H24ClNO5S2. The summed E-state index contributed by atoms with van der Waals surface area (Å²) in [6, 6.07) is 16.3. The summed E-state index contributed by atoms with van der Waals surface area (Å²) < 4.78 is 28.4. The molecule has 4 rings (SSSR count). The summed E-state index contributed by atoms with van der Waals surface area (Å²) in [7, 11) is -3.96. The summed E-state index contributed by atoms with van der Waals surface area (Å²) in [5.41, 5.74) is -0.895. The Balaban J connectivity index is 1.58. The number of halogens is 1. The number of nitrogens with one attached hydrogen (secondary N) is 1. The maximum absolute atomic E-state index is 13.3. The third-order valence-corrected chi connectivity index (χ3v) is 10.2. The Morgan fingerprint density at radius 3 is 2.47 bits per heavy atom. The second-order valence-corrected chi connectivity index (χ2v) is 12.0. The molecule has 3 atom stereocenters. The Hall–Kier alpha value is -1.84. The van der Waals surface area contributed by atoms with Crippen molar-refractivity contribution < 1.29 is 23.4 Å². The summed E-state index contributed by atoms with van der Waals surface area (Å²) in [5.74, 6) is -1.20. The highest BCUT2D eigenvalue weighted by molar-refractivity contribution is 8.18. The first kappa shape index (κ1) is 23.3. The van der Waals surface area contributed by atoms with Gasteiger partial charge in [0.1, 0.15) is 10.1 Å². The molecule has 1 fully saturated rings. The molecule has 170 valence electrons. The van der Waals surface area contributed by atoms with Gasteiger partial charge in [-0.2, -0.15) is 4.72 Å². The fourth-order valence-electron chi connectivity index (χ4n) is 4.54. The largest absolute Gasteiger partial charge is 0.480 e. The maximum Gasteiger partial charge on any atom is 0.325 e. The van der Waals surface area contributed by atoms with Gasteiger partial charge >= 0.3 is 5.97 Å². The second-order valence-electron chi connectivity index (χ2n) is 8.17. The molecule has 2 aromatic carbocycles. The first-order valence-corrected chi connectivity index (χ1v) is 13.1. The van der Waals surface area contributed by atoms with Gasteiger partial charge in [0, 0.05) is 21.9 Å². The number of carboxylic acid groups (broad SMARTS) is 1. The lowest BCUT2D eigenvalue weighted by Gasteiger charge is -2.25. The van der Waals surface area contributed by atoms with Crippen molar-refractivity contribution in [2.75, 3.05) is 6.61 Å². The number of aliphatic carboxylic acids is 1. The van der Waals surface area contributed by atoms with Crippen LogP contribution in [0.15, 0.2) is 60.7 Å². The molecule has 9 heteroatoms. The molecule has 1 heterocycles. The number of carbonyl (C=O) groups is 1. The highest BCUT2D eigenvalue weighted by Crippen LogP contribution is 2.61. The van der Waals surface area contributed by atoms with E-state index in [9.17, 15) is 23.4 Å². The molecule has 1 saturated carbocycles. The van der Waals surface area contributed by atoms with Crippen LogP contribution in [0.2, 0.25) is 5.02 Å². The van der Waals surface area contributed by atoms with E-state index in [-0.39, 0.29) is 19.4 Å². The van der Waals surface area contributed by atoms with Crippen molar-refractivity contribution in [2.24, 2.45) is 0 Å². The lowest BCUT2D eigenvalue weighted by atomic mass is 9.86. The number of thioether (sulfide) groups is 1. The topological polar surface area (TPSA) is 104 Å². The number of aliphatic hydroxyl groups is 1. The van der Waals surface area contributed by atoms with Gasteiger partial charge in [-0.05, 0) is 48.9 Å². The average molecular weight is 494 g/mol. The molecule has 0 saturated heterocycles. The van der Waals surface area contributed by atoms with Crippen LogP contribution in [-0.2, 0) is 20.2 Å². The Labute approximate surface area is 196 Å². The zero-order valence-electron chi connectivity index (χ0n) is 17.2. The molecule has 6 nitrogen and oxygen atoms in total. The third kappa shape index (κ3) is 4.10. The Morgan fingerprint density at radius 1 is 1.16 bits per heavy atom. The highest BCUT2D eigenvalue weighted by atomic mass is 35.5. The van der Waals surface area contributed by atoms with Gasteiger partial charge in [0.05, 0.1) is 0 Å². The van der Waals surface area contributed by atoms with Gasteiger partial charge in [-0.1, -0.05) is 60.1 Å².